The molecule has 1 fully saturated rings. The van der Waals surface area contributed by atoms with E-state index in [4.69, 9.17) is 21.1 Å². The molecule has 1 amide bonds. The molecule has 1 aliphatic rings. The van der Waals surface area contributed by atoms with E-state index in [9.17, 15) is 9.18 Å². The number of benzene rings is 1. The van der Waals surface area contributed by atoms with Crippen molar-refractivity contribution < 1.29 is 18.7 Å². The first-order valence-electron chi connectivity index (χ1n) is 8.50. The van der Waals surface area contributed by atoms with E-state index in [0.29, 0.717) is 11.4 Å². The average Bonchev–Trinajstić information content (AvgIpc) is 2.47. The van der Waals surface area contributed by atoms with Crippen LogP contribution in [0, 0.1) is 0 Å². The smallest absolute Gasteiger partial charge is 0.410 e. The van der Waals surface area contributed by atoms with Crippen LogP contribution in [0.15, 0.2) is 24.3 Å². The molecule has 0 aromatic heterocycles. The number of amides is 1. The van der Waals surface area contributed by atoms with Crippen molar-refractivity contribution in [3.05, 3.63) is 34.9 Å². The molecule has 1 aromatic rings. The fourth-order valence-electron chi connectivity index (χ4n) is 2.72. The molecule has 2 rings (SSSR count). The summed E-state index contributed by atoms with van der Waals surface area (Å²) in [6, 6.07) is 7.24. The zero-order valence-corrected chi connectivity index (χ0v) is 16.3. The van der Waals surface area contributed by atoms with Gasteiger partial charge in [-0.1, -0.05) is 23.7 Å². The molecular weight excluding hydrogens is 345 g/mol. The Kier molecular flexibility index (Phi) is 6.00. The highest BCUT2D eigenvalue weighted by Crippen LogP contribution is 2.27. The molecule has 0 spiro atoms. The maximum Gasteiger partial charge on any atom is 0.410 e. The standard InChI is InChI=1S/C19H27ClFNO3/c1-18(2,3)25-17(23)22-11-16(19(4,5)21)24-12-15(22)10-13-6-8-14(20)9-7-13/h6-9,15-16H,10-12H2,1-5H3/t15-,16+/m0/s1. The number of rotatable bonds is 3. The van der Waals surface area contributed by atoms with Crippen molar-refractivity contribution in [2.75, 3.05) is 13.2 Å². The molecule has 4 nitrogen and oxygen atoms in total. The van der Waals surface area contributed by atoms with Crippen molar-refractivity contribution in [3.63, 3.8) is 0 Å². The van der Waals surface area contributed by atoms with E-state index in [1.807, 2.05) is 45.0 Å². The minimum Gasteiger partial charge on any atom is -0.444 e. The third kappa shape index (κ3) is 5.86. The highest BCUT2D eigenvalue weighted by atomic mass is 35.5. The molecule has 0 radical (unpaired) electrons. The summed E-state index contributed by atoms with van der Waals surface area (Å²) < 4.78 is 25.6. The molecule has 0 aliphatic carbocycles. The number of hydrogen-bond acceptors (Lipinski definition) is 3. The first-order valence-corrected chi connectivity index (χ1v) is 8.88. The van der Waals surface area contributed by atoms with Gasteiger partial charge < -0.3 is 9.47 Å². The lowest BCUT2D eigenvalue weighted by Crippen LogP contribution is -2.58. The van der Waals surface area contributed by atoms with Gasteiger partial charge in [0.25, 0.3) is 0 Å². The summed E-state index contributed by atoms with van der Waals surface area (Å²) in [5.41, 5.74) is -1.11. The second kappa shape index (κ2) is 7.50. The summed E-state index contributed by atoms with van der Waals surface area (Å²) in [5.74, 6) is 0. The minimum atomic E-state index is -1.54. The van der Waals surface area contributed by atoms with Gasteiger partial charge in [-0.15, -0.1) is 0 Å². The van der Waals surface area contributed by atoms with Crippen LogP contribution in [0.4, 0.5) is 9.18 Å². The third-order valence-corrected chi connectivity index (χ3v) is 4.32. The zero-order valence-electron chi connectivity index (χ0n) is 15.5. The van der Waals surface area contributed by atoms with Crippen LogP contribution >= 0.6 is 11.6 Å². The van der Waals surface area contributed by atoms with E-state index < -0.39 is 23.5 Å². The molecule has 1 aliphatic heterocycles. The van der Waals surface area contributed by atoms with Crippen LogP contribution in [0.3, 0.4) is 0 Å². The van der Waals surface area contributed by atoms with Gasteiger partial charge in [0.1, 0.15) is 17.4 Å². The molecule has 0 unspecified atom stereocenters. The lowest BCUT2D eigenvalue weighted by Gasteiger charge is -2.42. The SMILES string of the molecule is CC(C)(C)OC(=O)N1C[C@H](C(C)(C)F)OC[C@@H]1Cc1ccc(Cl)cc1. The molecule has 6 heteroatoms. The molecule has 1 saturated heterocycles. The van der Waals surface area contributed by atoms with Crippen molar-refractivity contribution in [1.82, 2.24) is 4.90 Å². The lowest BCUT2D eigenvalue weighted by molar-refractivity contribution is -0.116. The Balaban J connectivity index is 2.17. The van der Waals surface area contributed by atoms with Crippen LogP contribution in [0.1, 0.15) is 40.2 Å². The second-order valence-corrected chi connectivity index (χ2v) is 8.44. The Morgan fingerprint density at radius 1 is 1.28 bits per heavy atom. The first kappa shape index (κ1) is 20.0. The van der Waals surface area contributed by atoms with Gasteiger partial charge in [0, 0.05) is 5.02 Å². The predicted octanol–water partition coefficient (Wildman–Crippen LogP) is 4.64. The number of nitrogens with zero attached hydrogens (tertiary/aromatic N) is 1. The van der Waals surface area contributed by atoms with Gasteiger partial charge in [0.2, 0.25) is 0 Å². The molecule has 0 bridgehead atoms. The van der Waals surface area contributed by atoms with Crippen LogP contribution in [-0.4, -0.2) is 47.6 Å². The fourth-order valence-corrected chi connectivity index (χ4v) is 2.84. The Morgan fingerprint density at radius 2 is 1.88 bits per heavy atom. The van der Waals surface area contributed by atoms with Gasteiger partial charge in [-0.05, 0) is 58.7 Å². The van der Waals surface area contributed by atoms with E-state index >= 15 is 0 Å². The van der Waals surface area contributed by atoms with Gasteiger partial charge in [-0.2, -0.15) is 0 Å². The lowest BCUT2D eigenvalue weighted by atomic mass is 9.98. The number of alkyl halides is 1. The number of carbonyl (C=O) groups is 1. The summed E-state index contributed by atoms with van der Waals surface area (Å²) in [7, 11) is 0. The van der Waals surface area contributed by atoms with E-state index in [2.05, 4.69) is 0 Å². The van der Waals surface area contributed by atoms with Gasteiger partial charge >= 0.3 is 6.09 Å². The predicted molar refractivity (Wildman–Crippen MR) is 96.8 cm³/mol. The number of hydrogen-bond donors (Lipinski definition) is 0. The van der Waals surface area contributed by atoms with E-state index in [1.165, 1.54) is 13.8 Å². The zero-order chi connectivity index (χ0) is 18.8. The molecule has 1 aromatic carbocycles. The molecule has 2 atom stereocenters. The molecule has 0 saturated carbocycles. The van der Waals surface area contributed by atoms with E-state index in [1.54, 1.807) is 4.90 Å². The fraction of sp³-hybridized carbons (Fsp3) is 0.632. The summed E-state index contributed by atoms with van der Waals surface area (Å²) >= 11 is 5.92. The number of ether oxygens (including phenoxy) is 2. The van der Waals surface area contributed by atoms with Crippen LogP contribution in [-0.2, 0) is 15.9 Å². The Bertz CT molecular complexity index is 592. The van der Waals surface area contributed by atoms with E-state index in [0.717, 1.165) is 5.56 Å². The largest absolute Gasteiger partial charge is 0.444 e. The highest BCUT2D eigenvalue weighted by molar-refractivity contribution is 6.30. The topological polar surface area (TPSA) is 38.8 Å². The Morgan fingerprint density at radius 3 is 2.40 bits per heavy atom. The average molecular weight is 372 g/mol. The molecule has 0 N–H and O–H groups in total. The summed E-state index contributed by atoms with van der Waals surface area (Å²) in [5, 5.41) is 0.659. The van der Waals surface area contributed by atoms with Crippen LogP contribution in [0.2, 0.25) is 5.02 Å². The van der Waals surface area contributed by atoms with Crippen LogP contribution in [0.5, 0.6) is 0 Å². The quantitative estimate of drug-likeness (QED) is 0.777. The summed E-state index contributed by atoms with van der Waals surface area (Å²) in [4.78, 5) is 14.2. The van der Waals surface area contributed by atoms with Crippen molar-refractivity contribution in [3.8, 4) is 0 Å². The van der Waals surface area contributed by atoms with Gasteiger partial charge in [0.05, 0.1) is 19.2 Å². The van der Waals surface area contributed by atoms with Crippen molar-refractivity contribution in [1.29, 1.82) is 0 Å². The third-order valence-electron chi connectivity index (χ3n) is 4.07. The molecule has 140 valence electrons. The number of carbonyl (C=O) groups excluding carboxylic acids is 1. The van der Waals surface area contributed by atoms with Gasteiger partial charge in [0.15, 0.2) is 0 Å². The molecular formula is C19H27ClFNO3. The Hall–Kier alpha value is -1.33. The Labute approximate surface area is 154 Å². The molecule has 1 heterocycles. The summed E-state index contributed by atoms with van der Waals surface area (Å²) in [6.45, 7) is 8.80. The number of morpholine rings is 1. The van der Waals surface area contributed by atoms with Gasteiger partial charge in [-0.25, -0.2) is 9.18 Å². The summed E-state index contributed by atoms with van der Waals surface area (Å²) in [6.07, 6.45) is -0.527. The minimum absolute atomic E-state index is 0.163. The van der Waals surface area contributed by atoms with E-state index in [-0.39, 0.29) is 19.2 Å². The monoisotopic (exact) mass is 371 g/mol. The maximum absolute atomic E-state index is 14.3. The van der Waals surface area contributed by atoms with Crippen molar-refractivity contribution >= 4 is 17.7 Å². The van der Waals surface area contributed by atoms with Crippen molar-refractivity contribution in [2.24, 2.45) is 0 Å². The normalized spacial score (nSPS) is 22.0. The van der Waals surface area contributed by atoms with Crippen molar-refractivity contribution in [2.45, 2.75) is 64.5 Å². The first-order chi connectivity index (χ1) is 11.5. The number of halogens is 2. The van der Waals surface area contributed by atoms with Gasteiger partial charge in [-0.3, -0.25) is 4.90 Å². The highest BCUT2D eigenvalue weighted by Gasteiger charge is 2.41. The maximum atomic E-state index is 14.3. The van der Waals surface area contributed by atoms with Crippen LogP contribution in [0.25, 0.3) is 0 Å². The van der Waals surface area contributed by atoms with Crippen LogP contribution < -0.4 is 0 Å². The second-order valence-electron chi connectivity index (χ2n) is 8.00. The molecule has 25 heavy (non-hydrogen) atoms.